The second-order valence-electron chi connectivity index (χ2n) is 5.19. The standard InChI is InChI=1S/C13H20N4O2/c18-13-7-12(16-3-5-19-6-4-16)9-15-17(13)10-11-1-2-14-8-11/h7,9,11,14H,1-6,8,10H2/t11-/m0/s1. The molecule has 0 amide bonds. The van der Waals surface area contributed by atoms with E-state index in [1.807, 2.05) is 0 Å². The van der Waals surface area contributed by atoms with Gasteiger partial charge in [-0.3, -0.25) is 4.79 Å². The van der Waals surface area contributed by atoms with E-state index in [0.29, 0.717) is 5.92 Å². The van der Waals surface area contributed by atoms with Crippen molar-refractivity contribution >= 4 is 5.69 Å². The first-order chi connectivity index (χ1) is 9.33. The first-order valence-corrected chi connectivity index (χ1v) is 6.93. The highest BCUT2D eigenvalue weighted by atomic mass is 16.5. The number of ether oxygens (including phenoxy) is 1. The summed E-state index contributed by atoms with van der Waals surface area (Å²) in [6.45, 7) is 5.85. The van der Waals surface area contributed by atoms with Crippen LogP contribution in [0.5, 0.6) is 0 Å². The Morgan fingerprint density at radius 3 is 2.95 bits per heavy atom. The molecule has 3 heterocycles. The molecule has 1 N–H and O–H groups in total. The molecular weight excluding hydrogens is 244 g/mol. The van der Waals surface area contributed by atoms with Crippen molar-refractivity contribution < 1.29 is 4.74 Å². The Bertz CT molecular complexity index is 476. The zero-order chi connectivity index (χ0) is 13.1. The van der Waals surface area contributed by atoms with Crippen molar-refractivity contribution in [3.8, 4) is 0 Å². The van der Waals surface area contributed by atoms with Gasteiger partial charge in [0, 0.05) is 25.7 Å². The summed E-state index contributed by atoms with van der Waals surface area (Å²) < 4.78 is 6.90. The zero-order valence-corrected chi connectivity index (χ0v) is 11.0. The molecule has 0 radical (unpaired) electrons. The molecule has 104 valence electrons. The summed E-state index contributed by atoms with van der Waals surface area (Å²) in [5.74, 6) is 0.527. The number of nitrogens with zero attached hydrogens (tertiary/aromatic N) is 3. The molecule has 6 heteroatoms. The SMILES string of the molecule is O=c1cc(N2CCOCC2)cnn1C[C@H]1CCNC1. The van der Waals surface area contributed by atoms with E-state index in [1.54, 1.807) is 16.9 Å². The molecule has 2 aliphatic rings. The van der Waals surface area contributed by atoms with Crippen molar-refractivity contribution in [2.24, 2.45) is 5.92 Å². The number of hydrogen-bond donors (Lipinski definition) is 1. The van der Waals surface area contributed by atoms with Crippen molar-refractivity contribution in [1.82, 2.24) is 15.1 Å². The van der Waals surface area contributed by atoms with Crippen molar-refractivity contribution in [3.63, 3.8) is 0 Å². The quantitative estimate of drug-likeness (QED) is 0.811. The maximum atomic E-state index is 12.1. The van der Waals surface area contributed by atoms with Crippen LogP contribution < -0.4 is 15.8 Å². The van der Waals surface area contributed by atoms with Crippen LogP contribution in [0, 0.1) is 5.92 Å². The lowest BCUT2D eigenvalue weighted by Crippen LogP contribution is -2.37. The van der Waals surface area contributed by atoms with Gasteiger partial charge in [0.25, 0.3) is 5.56 Å². The summed E-state index contributed by atoms with van der Waals surface area (Å²) in [6.07, 6.45) is 2.93. The molecule has 2 saturated heterocycles. The third kappa shape index (κ3) is 2.96. The Morgan fingerprint density at radius 1 is 1.42 bits per heavy atom. The van der Waals surface area contributed by atoms with Crippen LogP contribution in [0.25, 0.3) is 0 Å². The topological polar surface area (TPSA) is 59.4 Å². The first kappa shape index (κ1) is 12.6. The number of rotatable bonds is 3. The second-order valence-corrected chi connectivity index (χ2v) is 5.19. The van der Waals surface area contributed by atoms with E-state index in [1.165, 1.54) is 0 Å². The summed E-state index contributed by atoms with van der Waals surface area (Å²) in [6, 6.07) is 1.70. The summed E-state index contributed by atoms with van der Waals surface area (Å²) in [7, 11) is 0. The molecule has 19 heavy (non-hydrogen) atoms. The first-order valence-electron chi connectivity index (χ1n) is 6.93. The van der Waals surface area contributed by atoms with E-state index >= 15 is 0 Å². The minimum Gasteiger partial charge on any atom is -0.378 e. The van der Waals surface area contributed by atoms with Crippen LogP contribution in [0.1, 0.15) is 6.42 Å². The number of hydrogen-bond acceptors (Lipinski definition) is 5. The van der Waals surface area contributed by atoms with E-state index in [4.69, 9.17) is 4.74 Å². The highest BCUT2D eigenvalue weighted by Gasteiger charge is 2.17. The van der Waals surface area contributed by atoms with Crippen LogP contribution in [-0.2, 0) is 11.3 Å². The lowest BCUT2D eigenvalue weighted by molar-refractivity contribution is 0.122. The molecule has 3 rings (SSSR count). The molecule has 0 aliphatic carbocycles. The van der Waals surface area contributed by atoms with Crippen LogP contribution in [0.3, 0.4) is 0 Å². The maximum Gasteiger partial charge on any atom is 0.268 e. The van der Waals surface area contributed by atoms with Gasteiger partial charge in [-0.25, -0.2) is 4.68 Å². The van der Waals surface area contributed by atoms with Crippen molar-refractivity contribution in [1.29, 1.82) is 0 Å². The van der Waals surface area contributed by atoms with Crippen molar-refractivity contribution in [2.75, 3.05) is 44.3 Å². The van der Waals surface area contributed by atoms with Crippen molar-refractivity contribution in [3.05, 3.63) is 22.6 Å². The predicted octanol–water partition coefficient (Wildman–Crippen LogP) is -0.311. The highest BCUT2D eigenvalue weighted by Crippen LogP contribution is 2.13. The fourth-order valence-electron chi connectivity index (χ4n) is 2.67. The molecule has 0 unspecified atom stereocenters. The van der Waals surface area contributed by atoms with E-state index in [-0.39, 0.29) is 5.56 Å². The van der Waals surface area contributed by atoms with Crippen LogP contribution in [0.2, 0.25) is 0 Å². The highest BCUT2D eigenvalue weighted by molar-refractivity contribution is 5.43. The molecule has 1 atom stereocenters. The lowest BCUT2D eigenvalue weighted by atomic mass is 10.1. The van der Waals surface area contributed by atoms with Crippen LogP contribution in [0.4, 0.5) is 5.69 Å². The molecular formula is C13H20N4O2. The Kier molecular flexibility index (Phi) is 3.79. The Hall–Kier alpha value is -1.40. The molecule has 0 spiro atoms. The molecule has 1 aromatic rings. The van der Waals surface area contributed by atoms with E-state index < -0.39 is 0 Å². The van der Waals surface area contributed by atoms with Crippen LogP contribution >= 0.6 is 0 Å². The van der Waals surface area contributed by atoms with E-state index in [0.717, 1.165) is 58.0 Å². The van der Waals surface area contributed by atoms with Gasteiger partial charge in [0.05, 0.1) is 25.1 Å². The van der Waals surface area contributed by atoms with Crippen molar-refractivity contribution in [2.45, 2.75) is 13.0 Å². The third-order valence-electron chi connectivity index (χ3n) is 3.82. The molecule has 6 nitrogen and oxygen atoms in total. The average molecular weight is 264 g/mol. The Morgan fingerprint density at radius 2 is 2.26 bits per heavy atom. The maximum absolute atomic E-state index is 12.1. The minimum atomic E-state index is -0.00380. The van der Waals surface area contributed by atoms with E-state index in [2.05, 4.69) is 15.3 Å². The molecule has 2 fully saturated rings. The van der Waals surface area contributed by atoms with Gasteiger partial charge in [0.15, 0.2) is 0 Å². The molecule has 0 saturated carbocycles. The van der Waals surface area contributed by atoms with E-state index in [9.17, 15) is 4.79 Å². The zero-order valence-electron chi connectivity index (χ0n) is 11.0. The average Bonchev–Trinajstić information content (AvgIpc) is 2.95. The van der Waals surface area contributed by atoms with Gasteiger partial charge in [-0.1, -0.05) is 0 Å². The van der Waals surface area contributed by atoms with Gasteiger partial charge in [0.2, 0.25) is 0 Å². The lowest BCUT2D eigenvalue weighted by Gasteiger charge is -2.28. The smallest absolute Gasteiger partial charge is 0.268 e. The molecule has 2 aliphatic heterocycles. The summed E-state index contributed by atoms with van der Waals surface area (Å²) >= 11 is 0. The van der Waals surface area contributed by atoms with Crippen LogP contribution in [-0.4, -0.2) is 49.2 Å². The summed E-state index contributed by atoms with van der Waals surface area (Å²) in [4.78, 5) is 14.2. The second kappa shape index (κ2) is 5.71. The third-order valence-corrected chi connectivity index (χ3v) is 3.82. The predicted molar refractivity (Wildman–Crippen MR) is 72.5 cm³/mol. The Labute approximate surface area is 112 Å². The van der Waals surface area contributed by atoms with Crippen LogP contribution in [0.15, 0.2) is 17.1 Å². The number of anilines is 1. The number of nitrogens with one attached hydrogen (secondary N) is 1. The monoisotopic (exact) mass is 264 g/mol. The number of morpholine rings is 1. The van der Waals surface area contributed by atoms with Gasteiger partial charge in [-0.2, -0.15) is 5.10 Å². The molecule has 0 bridgehead atoms. The molecule has 0 aromatic carbocycles. The Balaban J connectivity index is 1.71. The summed E-state index contributed by atoms with van der Waals surface area (Å²) in [5, 5.41) is 7.62. The molecule has 1 aromatic heterocycles. The van der Waals surface area contributed by atoms with Gasteiger partial charge < -0.3 is 15.0 Å². The largest absolute Gasteiger partial charge is 0.378 e. The normalized spacial score (nSPS) is 23.8. The van der Waals surface area contributed by atoms with Gasteiger partial charge in [-0.05, 0) is 25.4 Å². The minimum absolute atomic E-state index is 0.00380. The summed E-state index contributed by atoms with van der Waals surface area (Å²) in [5.41, 5.74) is 0.907. The number of aromatic nitrogens is 2. The fourth-order valence-corrected chi connectivity index (χ4v) is 2.67. The van der Waals surface area contributed by atoms with Gasteiger partial charge in [-0.15, -0.1) is 0 Å². The fraction of sp³-hybridized carbons (Fsp3) is 0.692. The van der Waals surface area contributed by atoms with Gasteiger partial charge >= 0.3 is 0 Å². The van der Waals surface area contributed by atoms with Gasteiger partial charge in [0.1, 0.15) is 0 Å².